The molecule has 1 atom stereocenters. The third kappa shape index (κ3) is 2.98. The lowest BCUT2D eigenvalue weighted by Crippen LogP contribution is -2.36. The normalized spacial score (nSPS) is 19.1. The molecule has 108 valence electrons. The molecule has 1 fully saturated rings. The van der Waals surface area contributed by atoms with E-state index < -0.39 is 11.4 Å². The summed E-state index contributed by atoms with van der Waals surface area (Å²) in [6.07, 6.45) is 5.34. The van der Waals surface area contributed by atoms with Crippen molar-refractivity contribution in [2.45, 2.75) is 39.2 Å². The molecule has 1 aromatic rings. The van der Waals surface area contributed by atoms with E-state index in [-0.39, 0.29) is 18.4 Å². The molecule has 1 aliphatic rings. The van der Waals surface area contributed by atoms with Crippen LogP contribution in [-0.2, 0) is 9.59 Å². The highest BCUT2D eigenvalue weighted by Crippen LogP contribution is 2.34. The molecule has 2 heterocycles. The first-order valence-corrected chi connectivity index (χ1v) is 6.84. The van der Waals surface area contributed by atoms with Gasteiger partial charge in [-0.05, 0) is 44.4 Å². The third-order valence-electron chi connectivity index (χ3n) is 3.84. The van der Waals surface area contributed by atoms with Gasteiger partial charge in [0.2, 0.25) is 5.91 Å². The van der Waals surface area contributed by atoms with Crippen molar-refractivity contribution in [2.75, 3.05) is 6.54 Å². The monoisotopic (exact) mass is 276 g/mol. The maximum Gasteiger partial charge on any atom is 0.309 e. The van der Waals surface area contributed by atoms with Gasteiger partial charge in [-0.3, -0.25) is 14.6 Å². The summed E-state index contributed by atoms with van der Waals surface area (Å²) in [5.74, 6) is -1.03. The van der Waals surface area contributed by atoms with Crippen LogP contribution in [0.5, 0.6) is 0 Å². The fraction of sp³-hybridized carbons (Fsp3) is 0.533. The number of nitrogens with zero attached hydrogens (tertiary/aromatic N) is 2. The first-order chi connectivity index (χ1) is 9.42. The Labute approximate surface area is 118 Å². The van der Waals surface area contributed by atoms with E-state index in [1.807, 2.05) is 12.1 Å². The Morgan fingerprint density at radius 3 is 2.65 bits per heavy atom. The Bertz CT molecular complexity index is 499. The van der Waals surface area contributed by atoms with Crippen molar-refractivity contribution in [2.24, 2.45) is 5.41 Å². The van der Waals surface area contributed by atoms with Crippen LogP contribution in [0.25, 0.3) is 0 Å². The second-order valence-corrected chi connectivity index (χ2v) is 5.89. The summed E-state index contributed by atoms with van der Waals surface area (Å²) in [5.41, 5.74) is 0.0432. The number of aliphatic carboxylic acids is 1. The highest BCUT2D eigenvalue weighted by atomic mass is 16.4. The van der Waals surface area contributed by atoms with Crippen LogP contribution in [0.1, 0.15) is 44.7 Å². The fourth-order valence-electron chi connectivity index (χ4n) is 2.55. The molecule has 0 saturated carbocycles. The van der Waals surface area contributed by atoms with E-state index in [4.69, 9.17) is 5.11 Å². The molecule has 0 aromatic carbocycles. The number of carboxylic acid groups (broad SMARTS) is 1. The van der Waals surface area contributed by atoms with Crippen LogP contribution in [0, 0.1) is 5.41 Å². The maximum absolute atomic E-state index is 12.4. The molecule has 0 aliphatic carbocycles. The summed E-state index contributed by atoms with van der Waals surface area (Å²) in [4.78, 5) is 29.3. The zero-order chi connectivity index (χ0) is 14.8. The van der Waals surface area contributed by atoms with Gasteiger partial charge >= 0.3 is 5.97 Å². The van der Waals surface area contributed by atoms with E-state index in [9.17, 15) is 9.59 Å². The van der Waals surface area contributed by atoms with Crippen LogP contribution >= 0.6 is 0 Å². The smallest absolute Gasteiger partial charge is 0.309 e. The van der Waals surface area contributed by atoms with Crippen LogP contribution in [0.3, 0.4) is 0 Å². The molecule has 1 aliphatic heterocycles. The zero-order valence-corrected chi connectivity index (χ0v) is 11.9. The molecule has 5 heteroatoms. The van der Waals surface area contributed by atoms with Crippen LogP contribution in [0.4, 0.5) is 0 Å². The van der Waals surface area contributed by atoms with Gasteiger partial charge in [-0.25, -0.2) is 0 Å². The highest BCUT2D eigenvalue weighted by Gasteiger charge is 2.36. The Morgan fingerprint density at radius 2 is 2.05 bits per heavy atom. The minimum atomic E-state index is -1.03. The molecule has 0 radical (unpaired) electrons. The lowest BCUT2D eigenvalue weighted by atomic mass is 9.88. The number of carboxylic acids is 1. The fourth-order valence-corrected chi connectivity index (χ4v) is 2.55. The predicted molar refractivity (Wildman–Crippen MR) is 74.0 cm³/mol. The van der Waals surface area contributed by atoms with E-state index >= 15 is 0 Å². The Hall–Kier alpha value is -1.91. The first-order valence-electron chi connectivity index (χ1n) is 6.84. The number of hydrogen-bond acceptors (Lipinski definition) is 3. The summed E-state index contributed by atoms with van der Waals surface area (Å²) >= 11 is 0. The van der Waals surface area contributed by atoms with E-state index in [0.717, 1.165) is 18.4 Å². The van der Waals surface area contributed by atoms with E-state index in [0.29, 0.717) is 6.54 Å². The number of likely N-dealkylation sites (tertiary alicyclic amines) is 1. The standard InChI is InChI=1S/C15H20N2O3/c1-15(2,14(19)20)10-13(18)17-9-3-4-12(17)11-5-7-16-8-6-11/h5-8,12H,3-4,9-10H2,1-2H3,(H,19,20). The van der Waals surface area contributed by atoms with Crippen molar-refractivity contribution in [3.8, 4) is 0 Å². The van der Waals surface area contributed by atoms with Crippen LogP contribution in [0.15, 0.2) is 24.5 Å². The zero-order valence-electron chi connectivity index (χ0n) is 11.9. The summed E-state index contributed by atoms with van der Waals surface area (Å²) < 4.78 is 0. The molecule has 0 spiro atoms. The molecule has 2 rings (SSSR count). The molecule has 5 nitrogen and oxygen atoms in total. The number of carbonyl (C=O) groups excluding carboxylic acids is 1. The second kappa shape index (κ2) is 5.61. The van der Waals surface area contributed by atoms with E-state index in [1.54, 1.807) is 31.1 Å². The van der Waals surface area contributed by atoms with Gasteiger partial charge < -0.3 is 10.0 Å². The van der Waals surface area contributed by atoms with Crippen molar-refractivity contribution < 1.29 is 14.7 Å². The van der Waals surface area contributed by atoms with Gasteiger partial charge in [0.1, 0.15) is 0 Å². The maximum atomic E-state index is 12.4. The predicted octanol–water partition coefficient (Wildman–Crippen LogP) is 2.25. The van der Waals surface area contributed by atoms with Gasteiger partial charge in [-0.15, -0.1) is 0 Å². The molecule has 1 N–H and O–H groups in total. The number of aromatic nitrogens is 1. The van der Waals surface area contributed by atoms with Crippen molar-refractivity contribution in [3.63, 3.8) is 0 Å². The van der Waals surface area contributed by atoms with E-state index in [2.05, 4.69) is 4.98 Å². The molecule has 1 amide bonds. The van der Waals surface area contributed by atoms with Gasteiger partial charge in [0.15, 0.2) is 0 Å². The molecule has 1 saturated heterocycles. The van der Waals surface area contributed by atoms with Gasteiger partial charge in [-0.1, -0.05) is 0 Å². The summed E-state index contributed by atoms with van der Waals surface area (Å²) in [6, 6.07) is 3.88. The number of amides is 1. The Morgan fingerprint density at radius 1 is 1.40 bits per heavy atom. The minimum Gasteiger partial charge on any atom is -0.481 e. The number of carbonyl (C=O) groups is 2. The Kier molecular flexibility index (Phi) is 4.06. The minimum absolute atomic E-state index is 0.0317. The molecule has 20 heavy (non-hydrogen) atoms. The number of rotatable bonds is 4. The first kappa shape index (κ1) is 14.5. The molecular formula is C15H20N2O3. The SMILES string of the molecule is CC(C)(CC(=O)N1CCCC1c1ccncc1)C(=O)O. The van der Waals surface area contributed by atoms with Gasteiger partial charge in [0.05, 0.1) is 11.5 Å². The van der Waals surface area contributed by atoms with Crippen molar-refractivity contribution in [1.82, 2.24) is 9.88 Å². The van der Waals surface area contributed by atoms with Gasteiger partial charge in [0.25, 0.3) is 0 Å². The molecule has 0 bridgehead atoms. The average Bonchev–Trinajstić information content (AvgIpc) is 2.88. The topological polar surface area (TPSA) is 70.5 Å². The molecule has 1 unspecified atom stereocenters. The number of hydrogen-bond donors (Lipinski definition) is 1. The second-order valence-electron chi connectivity index (χ2n) is 5.89. The number of pyridine rings is 1. The summed E-state index contributed by atoms with van der Waals surface area (Å²) in [6.45, 7) is 3.87. The highest BCUT2D eigenvalue weighted by molar-refractivity contribution is 5.84. The molecule has 1 aromatic heterocycles. The van der Waals surface area contributed by atoms with Crippen LogP contribution < -0.4 is 0 Å². The Balaban J connectivity index is 2.12. The van der Waals surface area contributed by atoms with Crippen molar-refractivity contribution >= 4 is 11.9 Å². The van der Waals surface area contributed by atoms with E-state index in [1.165, 1.54) is 0 Å². The summed E-state index contributed by atoms with van der Waals surface area (Å²) in [5, 5.41) is 9.14. The third-order valence-corrected chi connectivity index (χ3v) is 3.84. The van der Waals surface area contributed by atoms with Crippen LogP contribution in [-0.4, -0.2) is 33.4 Å². The average molecular weight is 276 g/mol. The van der Waals surface area contributed by atoms with Crippen molar-refractivity contribution in [1.29, 1.82) is 0 Å². The summed E-state index contributed by atoms with van der Waals surface area (Å²) in [7, 11) is 0. The van der Waals surface area contributed by atoms with Crippen molar-refractivity contribution in [3.05, 3.63) is 30.1 Å². The lowest BCUT2D eigenvalue weighted by molar-refractivity contribution is -0.151. The lowest BCUT2D eigenvalue weighted by Gasteiger charge is -2.28. The van der Waals surface area contributed by atoms with Gasteiger partial charge in [-0.2, -0.15) is 0 Å². The van der Waals surface area contributed by atoms with Crippen LogP contribution in [0.2, 0.25) is 0 Å². The van der Waals surface area contributed by atoms with Gasteiger partial charge in [0, 0.05) is 25.4 Å². The molecular weight excluding hydrogens is 256 g/mol. The quantitative estimate of drug-likeness (QED) is 0.915. The largest absolute Gasteiger partial charge is 0.481 e.